The largest absolute Gasteiger partial charge is 0.326 e. The molecule has 0 spiro atoms. The van der Waals surface area contributed by atoms with Crippen molar-refractivity contribution in [1.29, 1.82) is 0 Å². The van der Waals surface area contributed by atoms with Crippen LogP contribution >= 0.6 is 0 Å². The van der Waals surface area contributed by atoms with E-state index in [1.54, 1.807) is 4.90 Å². The molecule has 7 nitrogen and oxygen atoms in total. The second kappa shape index (κ2) is 5.68. The highest BCUT2D eigenvalue weighted by atomic mass is 16.2. The van der Waals surface area contributed by atoms with Gasteiger partial charge in [-0.25, -0.2) is 0 Å². The zero-order valence-corrected chi connectivity index (χ0v) is 13.2. The molecule has 2 heterocycles. The van der Waals surface area contributed by atoms with Crippen LogP contribution < -0.4 is 16.4 Å². The van der Waals surface area contributed by atoms with Crippen LogP contribution in [0.2, 0.25) is 0 Å². The van der Waals surface area contributed by atoms with Gasteiger partial charge < -0.3 is 16.0 Å². The molecule has 1 saturated carbocycles. The standard InChI is InChI=1S/C17H20N4O3/c18-11-6-12(11)19-7-9-2-1-3-10-8-21(17(24)15(9)10)13-4-5-14(22)20-16(13)23/h1-3,11-13,19H,4-8,18H2,(H,20,22,23)/t11-,12-,13?/m0/s1. The smallest absolute Gasteiger partial charge is 0.255 e. The van der Waals surface area contributed by atoms with E-state index in [1.807, 2.05) is 18.2 Å². The third-order valence-corrected chi connectivity index (χ3v) is 5.03. The first-order valence-electron chi connectivity index (χ1n) is 8.29. The zero-order valence-electron chi connectivity index (χ0n) is 13.2. The molecule has 4 N–H and O–H groups in total. The predicted molar refractivity (Wildman–Crippen MR) is 85.7 cm³/mol. The van der Waals surface area contributed by atoms with E-state index in [4.69, 9.17) is 5.73 Å². The second-order valence-electron chi connectivity index (χ2n) is 6.74. The highest BCUT2D eigenvalue weighted by Gasteiger charge is 2.40. The molecule has 1 aromatic rings. The molecule has 4 rings (SSSR count). The molecule has 2 fully saturated rings. The number of carbonyl (C=O) groups excluding carboxylic acids is 3. The Bertz CT molecular complexity index is 733. The van der Waals surface area contributed by atoms with Gasteiger partial charge >= 0.3 is 0 Å². The Hall–Kier alpha value is -2.25. The van der Waals surface area contributed by atoms with Gasteiger partial charge in [-0.2, -0.15) is 0 Å². The van der Waals surface area contributed by atoms with Crippen LogP contribution in [0.1, 0.15) is 40.7 Å². The van der Waals surface area contributed by atoms with Crippen molar-refractivity contribution in [3.8, 4) is 0 Å². The average molecular weight is 328 g/mol. The van der Waals surface area contributed by atoms with Crippen LogP contribution in [0.3, 0.4) is 0 Å². The summed E-state index contributed by atoms with van der Waals surface area (Å²) in [6, 6.07) is 5.75. The first-order chi connectivity index (χ1) is 11.5. The molecule has 1 unspecified atom stereocenters. The lowest BCUT2D eigenvalue weighted by Crippen LogP contribution is -2.52. The molecule has 1 saturated heterocycles. The van der Waals surface area contributed by atoms with Crippen LogP contribution in [-0.2, 0) is 22.7 Å². The summed E-state index contributed by atoms with van der Waals surface area (Å²) in [6.07, 6.45) is 1.62. The Morgan fingerprint density at radius 2 is 2.08 bits per heavy atom. The summed E-state index contributed by atoms with van der Waals surface area (Å²) in [5, 5.41) is 5.69. The molecular weight excluding hydrogens is 308 g/mol. The van der Waals surface area contributed by atoms with Gasteiger partial charge in [0.25, 0.3) is 5.91 Å². The number of carbonyl (C=O) groups is 3. The predicted octanol–water partition coefficient (Wildman–Crippen LogP) is -0.363. The number of nitrogens with two attached hydrogens (primary N) is 1. The number of nitrogens with one attached hydrogen (secondary N) is 2. The number of amides is 3. The van der Waals surface area contributed by atoms with Crippen molar-refractivity contribution in [2.45, 2.75) is 50.5 Å². The van der Waals surface area contributed by atoms with Gasteiger partial charge in [-0.05, 0) is 24.0 Å². The highest BCUT2D eigenvalue weighted by Crippen LogP contribution is 2.30. The van der Waals surface area contributed by atoms with Gasteiger partial charge in [-0.15, -0.1) is 0 Å². The fraction of sp³-hybridized carbons (Fsp3) is 0.471. The maximum absolute atomic E-state index is 12.9. The molecule has 0 bridgehead atoms. The summed E-state index contributed by atoms with van der Waals surface area (Å²) < 4.78 is 0. The molecule has 3 aliphatic rings. The summed E-state index contributed by atoms with van der Waals surface area (Å²) in [5.74, 6) is -0.779. The number of benzene rings is 1. The Balaban J connectivity index is 1.54. The Labute approximate surface area is 139 Å². The van der Waals surface area contributed by atoms with Crippen molar-refractivity contribution in [3.63, 3.8) is 0 Å². The van der Waals surface area contributed by atoms with E-state index in [0.29, 0.717) is 31.1 Å². The Kier molecular flexibility index (Phi) is 3.62. The minimum absolute atomic E-state index is 0.128. The molecule has 24 heavy (non-hydrogen) atoms. The number of nitrogens with zero attached hydrogens (tertiary/aromatic N) is 1. The lowest BCUT2D eigenvalue weighted by atomic mass is 10.0. The van der Waals surface area contributed by atoms with Gasteiger partial charge in [-0.1, -0.05) is 18.2 Å². The van der Waals surface area contributed by atoms with Crippen LogP contribution in [0, 0.1) is 0 Å². The first kappa shape index (κ1) is 15.3. The SMILES string of the molecule is N[C@H]1C[C@@H]1NCc1cccc2c1C(=O)N(C1CCC(=O)NC1=O)C2. The number of piperidine rings is 1. The van der Waals surface area contributed by atoms with Crippen molar-refractivity contribution < 1.29 is 14.4 Å². The Morgan fingerprint density at radius 1 is 1.29 bits per heavy atom. The minimum atomic E-state index is -0.569. The number of hydrogen-bond acceptors (Lipinski definition) is 5. The fourth-order valence-electron chi connectivity index (χ4n) is 3.53. The van der Waals surface area contributed by atoms with Crippen LogP contribution in [0.5, 0.6) is 0 Å². The van der Waals surface area contributed by atoms with Gasteiger partial charge in [0, 0.05) is 37.2 Å². The molecule has 2 aliphatic heterocycles. The zero-order chi connectivity index (χ0) is 16.8. The summed E-state index contributed by atoms with van der Waals surface area (Å²) in [6.45, 7) is 1.01. The summed E-state index contributed by atoms with van der Waals surface area (Å²) in [5.41, 5.74) is 8.36. The highest BCUT2D eigenvalue weighted by molar-refractivity contribution is 6.05. The number of fused-ring (bicyclic) bond motifs is 1. The van der Waals surface area contributed by atoms with E-state index >= 15 is 0 Å². The Morgan fingerprint density at radius 3 is 2.79 bits per heavy atom. The van der Waals surface area contributed by atoms with E-state index in [-0.39, 0.29) is 30.2 Å². The van der Waals surface area contributed by atoms with Gasteiger partial charge in [0.2, 0.25) is 11.8 Å². The first-order valence-corrected chi connectivity index (χ1v) is 8.29. The second-order valence-corrected chi connectivity index (χ2v) is 6.74. The maximum Gasteiger partial charge on any atom is 0.255 e. The molecule has 3 amide bonds. The van der Waals surface area contributed by atoms with E-state index in [1.165, 1.54) is 0 Å². The topological polar surface area (TPSA) is 105 Å². The van der Waals surface area contributed by atoms with Crippen LogP contribution in [0.15, 0.2) is 18.2 Å². The van der Waals surface area contributed by atoms with Gasteiger partial charge in [0.05, 0.1) is 0 Å². The minimum Gasteiger partial charge on any atom is -0.326 e. The lowest BCUT2D eigenvalue weighted by molar-refractivity contribution is -0.136. The van der Waals surface area contributed by atoms with E-state index in [2.05, 4.69) is 10.6 Å². The molecule has 3 atom stereocenters. The average Bonchev–Trinajstić information content (AvgIpc) is 3.15. The van der Waals surface area contributed by atoms with Crippen molar-refractivity contribution in [2.75, 3.05) is 0 Å². The van der Waals surface area contributed by atoms with Gasteiger partial charge in [-0.3, -0.25) is 19.7 Å². The number of hydrogen-bond donors (Lipinski definition) is 3. The third-order valence-electron chi connectivity index (χ3n) is 5.03. The molecule has 126 valence electrons. The van der Waals surface area contributed by atoms with Crippen LogP contribution in [0.25, 0.3) is 0 Å². The molecular formula is C17H20N4O3. The normalized spacial score (nSPS) is 28.8. The van der Waals surface area contributed by atoms with E-state index in [0.717, 1.165) is 17.5 Å². The third kappa shape index (κ3) is 2.59. The van der Waals surface area contributed by atoms with Gasteiger partial charge in [0.15, 0.2) is 0 Å². The number of rotatable bonds is 4. The van der Waals surface area contributed by atoms with Crippen molar-refractivity contribution in [3.05, 3.63) is 34.9 Å². The van der Waals surface area contributed by atoms with Gasteiger partial charge in [0.1, 0.15) is 6.04 Å². The fourth-order valence-corrected chi connectivity index (χ4v) is 3.53. The van der Waals surface area contributed by atoms with Crippen molar-refractivity contribution in [2.24, 2.45) is 5.73 Å². The quantitative estimate of drug-likeness (QED) is 0.655. The van der Waals surface area contributed by atoms with Crippen molar-refractivity contribution in [1.82, 2.24) is 15.5 Å². The van der Waals surface area contributed by atoms with E-state index < -0.39 is 6.04 Å². The van der Waals surface area contributed by atoms with Crippen LogP contribution in [0.4, 0.5) is 0 Å². The monoisotopic (exact) mass is 328 g/mol. The molecule has 7 heteroatoms. The van der Waals surface area contributed by atoms with Crippen molar-refractivity contribution >= 4 is 17.7 Å². The molecule has 1 aliphatic carbocycles. The molecule has 0 aromatic heterocycles. The maximum atomic E-state index is 12.9. The summed E-state index contributed by atoms with van der Waals surface area (Å²) in [7, 11) is 0. The summed E-state index contributed by atoms with van der Waals surface area (Å²) in [4.78, 5) is 37.9. The van der Waals surface area contributed by atoms with E-state index in [9.17, 15) is 14.4 Å². The molecule has 0 radical (unpaired) electrons. The molecule has 1 aromatic carbocycles. The van der Waals surface area contributed by atoms with Crippen LogP contribution in [-0.4, -0.2) is 40.7 Å². The number of imide groups is 1. The summed E-state index contributed by atoms with van der Waals surface area (Å²) >= 11 is 0. The lowest BCUT2D eigenvalue weighted by Gasteiger charge is -2.29.